The van der Waals surface area contributed by atoms with Crippen LogP contribution in [0.15, 0.2) is 30.3 Å². The molecule has 0 spiro atoms. The molecule has 0 radical (unpaired) electrons. The number of rotatable bonds is 6. The fourth-order valence-electron chi connectivity index (χ4n) is 2.21. The Balaban J connectivity index is 2.10. The second kappa shape index (κ2) is 5.40. The summed E-state index contributed by atoms with van der Waals surface area (Å²) in [5, 5.41) is 20.3. The number of carbonyl (C=O) groups is 2. The lowest BCUT2D eigenvalue weighted by Crippen LogP contribution is -2.46. The topological polar surface area (TPSA) is 86.6 Å². The average Bonchev–Trinajstić information content (AvgIpc) is 3.20. The molecule has 19 heavy (non-hydrogen) atoms. The number of nitrogens with one attached hydrogen (secondary N) is 1. The predicted octanol–water partition coefficient (Wildman–Crippen LogP) is 0.670. The van der Waals surface area contributed by atoms with E-state index in [2.05, 4.69) is 5.32 Å². The van der Waals surface area contributed by atoms with E-state index in [4.69, 9.17) is 10.2 Å². The minimum absolute atomic E-state index is 0.0198. The SMILES string of the molecule is O=C(O)[C@H](CCO)NC(=O)C1(c2ccccc2)CC1. The van der Waals surface area contributed by atoms with Gasteiger partial charge in [-0.05, 0) is 18.4 Å². The van der Waals surface area contributed by atoms with Crippen LogP contribution in [-0.2, 0) is 15.0 Å². The monoisotopic (exact) mass is 263 g/mol. The summed E-state index contributed by atoms with van der Waals surface area (Å²) in [6, 6.07) is 8.35. The Morgan fingerprint density at radius 3 is 2.37 bits per heavy atom. The largest absolute Gasteiger partial charge is 0.480 e. The summed E-state index contributed by atoms with van der Waals surface area (Å²) in [7, 11) is 0. The molecule has 0 aliphatic heterocycles. The third kappa shape index (κ3) is 2.76. The van der Waals surface area contributed by atoms with Crippen molar-refractivity contribution in [1.29, 1.82) is 0 Å². The number of aliphatic hydroxyl groups is 1. The van der Waals surface area contributed by atoms with Crippen LogP contribution < -0.4 is 5.32 Å². The Morgan fingerprint density at radius 2 is 1.89 bits per heavy atom. The lowest BCUT2D eigenvalue weighted by Gasteiger charge is -2.19. The lowest BCUT2D eigenvalue weighted by molar-refractivity contribution is -0.142. The molecule has 0 unspecified atom stereocenters. The number of aliphatic hydroxyl groups excluding tert-OH is 1. The maximum absolute atomic E-state index is 12.3. The summed E-state index contributed by atoms with van der Waals surface area (Å²) >= 11 is 0. The number of hydrogen-bond acceptors (Lipinski definition) is 3. The zero-order chi connectivity index (χ0) is 13.9. The first-order valence-corrected chi connectivity index (χ1v) is 6.30. The van der Waals surface area contributed by atoms with E-state index in [-0.39, 0.29) is 18.9 Å². The van der Waals surface area contributed by atoms with Crippen molar-refractivity contribution in [1.82, 2.24) is 5.32 Å². The summed E-state index contributed by atoms with van der Waals surface area (Å²) in [4.78, 5) is 23.2. The minimum atomic E-state index is -1.12. The second-order valence-corrected chi connectivity index (χ2v) is 4.82. The molecule has 1 fully saturated rings. The molecule has 2 rings (SSSR count). The van der Waals surface area contributed by atoms with Crippen LogP contribution in [0.4, 0.5) is 0 Å². The second-order valence-electron chi connectivity index (χ2n) is 4.82. The van der Waals surface area contributed by atoms with Gasteiger partial charge in [0, 0.05) is 13.0 Å². The molecule has 5 nitrogen and oxygen atoms in total. The molecule has 0 heterocycles. The number of amides is 1. The van der Waals surface area contributed by atoms with E-state index in [9.17, 15) is 9.59 Å². The highest BCUT2D eigenvalue weighted by Crippen LogP contribution is 2.48. The Morgan fingerprint density at radius 1 is 1.26 bits per heavy atom. The van der Waals surface area contributed by atoms with Crippen LogP contribution in [0.3, 0.4) is 0 Å². The highest BCUT2D eigenvalue weighted by Gasteiger charge is 2.51. The average molecular weight is 263 g/mol. The molecular weight excluding hydrogens is 246 g/mol. The van der Waals surface area contributed by atoms with Gasteiger partial charge < -0.3 is 15.5 Å². The van der Waals surface area contributed by atoms with Gasteiger partial charge >= 0.3 is 5.97 Å². The first kappa shape index (κ1) is 13.5. The number of carboxylic acid groups (broad SMARTS) is 1. The van der Waals surface area contributed by atoms with E-state index in [1.807, 2.05) is 30.3 Å². The number of benzene rings is 1. The van der Waals surface area contributed by atoms with Crippen molar-refractivity contribution in [3.63, 3.8) is 0 Å². The Bertz CT molecular complexity index is 468. The molecule has 0 saturated heterocycles. The first-order chi connectivity index (χ1) is 9.10. The quantitative estimate of drug-likeness (QED) is 0.704. The maximum atomic E-state index is 12.3. The fraction of sp³-hybridized carbons (Fsp3) is 0.429. The van der Waals surface area contributed by atoms with Gasteiger partial charge in [0.25, 0.3) is 0 Å². The Kier molecular flexibility index (Phi) is 3.85. The van der Waals surface area contributed by atoms with Crippen molar-refractivity contribution in [2.45, 2.75) is 30.7 Å². The summed E-state index contributed by atoms with van der Waals surface area (Å²) in [6.45, 7) is -0.268. The van der Waals surface area contributed by atoms with E-state index in [1.54, 1.807) is 0 Å². The van der Waals surface area contributed by atoms with Gasteiger partial charge in [-0.3, -0.25) is 4.79 Å². The van der Waals surface area contributed by atoms with E-state index in [0.717, 1.165) is 18.4 Å². The first-order valence-electron chi connectivity index (χ1n) is 6.30. The molecule has 1 aliphatic rings. The third-order valence-electron chi connectivity index (χ3n) is 3.53. The molecule has 3 N–H and O–H groups in total. The van der Waals surface area contributed by atoms with Crippen LogP contribution in [0.1, 0.15) is 24.8 Å². The predicted molar refractivity (Wildman–Crippen MR) is 68.6 cm³/mol. The van der Waals surface area contributed by atoms with E-state index in [0.29, 0.717) is 0 Å². The lowest BCUT2D eigenvalue weighted by atomic mass is 9.94. The number of hydrogen-bond donors (Lipinski definition) is 3. The molecule has 1 amide bonds. The van der Waals surface area contributed by atoms with Crippen LogP contribution in [-0.4, -0.2) is 34.7 Å². The molecule has 0 aromatic heterocycles. The highest BCUT2D eigenvalue weighted by molar-refractivity contribution is 5.93. The van der Waals surface area contributed by atoms with Crippen molar-refractivity contribution in [3.05, 3.63) is 35.9 Å². The summed E-state index contributed by atoms with van der Waals surface area (Å²) in [5.41, 5.74) is 0.338. The van der Waals surface area contributed by atoms with Crippen LogP contribution in [0, 0.1) is 0 Å². The molecule has 102 valence electrons. The van der Waals surface area contributed by atoms with Gasteiger partial charge in [0.1, 0.15) is 6.04 Å². The molecular formula is C14H17NO4. The third-order valence-corrected chi connectivity index (χ3v) is 3.53. The van der Waals surface area contributed by atoms with Gasteiger partial charge in [-0.25, -0.2) is 4.79 Å². The van der Waals surface area contributed by atoms with Crippen molar-refractivity contribution < 1.29 is 19.8 Å². The van der Waals surface area contributed by atoms with Crippen LogP contribution in [0.2, 0.25) is 0 Å². The summed E-state index contributed by atoms with van der Waals surface area (Å²) < 4.78 is 0. The molecule has 5 heteroatoms. The number of aliphatic carboxylic acids is 1. The minimum Gasteiger partial charge on any atom is -0.480 e. The summed E-state index contributed by atoms with van der Waals surface area (Å²) in [6.07, 6.45) is 1.48. The maximum Gasteiger partial charge on any atom is 0.326 e. The van der Waals surface area contributed by atoms with Crippen molar-refractivity contribution in [2.24, 2.45) is 0 Å². The molecule has 1 aliphatic carbocycles. The van der Waals surface area contributed by atoms with Crippen LogP contribution in [0.25, 0.3) is 0 Å². The normalized spacial score (nSPS) is 17.5. The van der Waals surface area contributed by atoms with E-state index in [1.165, 1.54) is 0 Å². The molecule has 1 saturated carbocycles. The molecule has 1 aromatic rings. The van der Waals surface area contributed by atoms with Gasteiger partial charge in [-0.1, -0.05) is 30.3 Å². The van der Waals surface area contributed by atoms with E-state index < -0.39 is 17.4 Å². The standard InChI is InChI=1S/C14H17NO4/c16-9-6-11(12(17)18)15-13(19)14(7-8-14)10-4-2-1-3-5-10/h1-5,11,16H,6-9H2,(H,15,19)(H,17,18)/t11-/m0/s1. The Hall–Kier alpha value is -1.88. The summed E-state index contributed by atoms with van der Waals surface area (Å²) in [5.74, 6) is -1.38. The van der Waals surface area contributed by atoms with Crippen molar-refractivity contribution in [3.8, 4) is 0 Å². The van der Waals surface area contributed by atoms with Gasteiger partial charge in [-0.2, -0.15) is 0 Å². The zero-order valence-corrected chi connectivity index (χ0v) is 10.5. The van der Waals surface area contributed by atoms with Gasteiger partial charge in [-0.15, -0.1) is 0 Å². The molecule has 1 atom stereocenters. The zero-order valence-electron chi connectivity index (χ0n) is 10.5. The van der Waals surface area contributed by atoms with Gasteiger partial charge in [0.05, 0.1) is 5.41 Å². The van der Waals surface area contributed by atoms with Crippen molar-refractivity contribution in [2.75, 3.05) is 6.61 Å². The smallest absolute Gasteiger partial charge is 0.326 e. The van der Waals surface area contributed by atoms with Crippen molar-refractivity contribution >= 4 is 11.9 Å². The number of carbonyl (C=O) groups excluding carboxylic acids is 1. The number of carboxylic acids is 1. The van der Waals surface area contributed by atoms with Crippen LogP contribution in [0.5, 0.6) is 0 Å². The molecule has 0 bridgehead atoms. The van der Waals surface area contributed by atoms with Gasteiger partial charge in [0.2, 0.25) is 5.91 Å². The molecule has 1 aromatic carbocycles. The highest BCUT2D eigenvalue weighted by atomic mass is 16.4. The fourth-order valence-corrected chi connectivity index (χ4v) is 2.21. The van der Waals surface area contributed by atoms with Gasteiger partial charge in [0.15, 0.2) is 0 Å². The van der Waals surface area contributed by atoms with E-state index >= 15 is 0 Å². The van der Waals surface area contributed by atoms with Crippen LogP contribution >= 0.6 is 0 Å². The Labute approximate surface area is 111 Å².